The van der Waals surface area contributed by atoms with E-state index in [-0.39, 0.29) is 5.91 Å². The van der Waals surface area contributed by atoms with Crippen LogP contribution in [0.1, 0.15) is 6.92 Å². The van der Waals surface area contributed by atoms with Gasteiger partial charge >= 0.3 is 0 Å². The van der Waals surface area contributed by atoms with E-state index in [1.165, 1.54) is 5.19 Å². The Balaban J connectivity index is 2.80. The van der Waals surface area contributed by atoms with Crippen molar-refractivity contribution in [2.75, 3.05) is 13.2 Å². The topological polar surface area (TPSA) is 20.3 Å². The smallest absolute Gasteiger partial charge is 0.218 e. The fourth-order valence-electron chi connectivity index (χ4n) is 1.43. The zero-order valence-corrected chi connectivity index (χ0v) is 11.1. The number of amides is 1. The predicted octanol–water partition coefficient (Wildman–Crippen LogP) is 1.73. The molecule has 0 radical (unpaired) electrons. The lowest BCUT2D eigenvalue weighted by Crippen LogP contribution is -2.50. The van der Waals surface area contributed by atoms with E-state index in [1.807, 2.05) is 30.3 Å². The molecule has 0 spiro atoms. The Hall–Kier alpha value is -0.803. The molecule has 4 heteroatoms. The summed E-state index contributed by atoms with van der Waals surface area (Å²) in [6.07, 6.45) is 0.647. The summed E-state index contributed by atoms with van der Waals surface area (Å²) in [4.78, 5) is 12.8. The minimum atomic E-state index is -2.03. The van der Waals surface area contributed by atoms with Gasteiger partial charge in [-0.2, -0.15) is 11.1 Å². The second kappa shape index (κ2) is 4.81. The third-order valence-corrected chi connectivity index (χ3v) is 6.07. The van der Waals surface area contributed by atoms with Crippen molar-refractivity contribution in [3.05, 3.63) is 30.3 Å². The van der Waals surface area contributed by atoms with Crippen molar-refractivity contribution in [2.24, 2.45) is 0 Å². The van der Waals surface area contributed by atoms with Crippen molar-refractivity contribution in [1.29, 1.82) is 0 Å². The monoisotopic (exact) mass is 241 g/mol. The van der Waals surface area contributed by atoms with Crippen LogP contribution in [-0.4, -0.2) is 31.4 Å². The minimum absolute atomic E-state index is 0.0605. The normalized spacial score (nSPS) is 14.4. The number of carbonyl (C=O) groups excluding carboxylic acids is 1. The molecule has 1 amide bonds. The number of carbonyl (C=O) groups is 1. The molecule has 0 aliphatic rings. The molecule has 15 heavy (non-hydrogen) atoms. The van der Waals surface area contributed by atoms with Crippen LogP contribution in [0.5, 0.6) is 0 Å². The summed E-state index contributed by atoms with van der Waals surface area (Å²) in [6, 6.07) is 10.0. The van der Waals surface area contributed by atoms with Gasteiger partial charge in [0.1, 0.15) is 0 Å². The van der Waals surface area contributed by atoms with E-state index in [2.05, 4.69) is 6.55 Å². The van der Waals surface area contributed by atoms with Crippen LogP contribution in [-0.2, 0) is 4.79 Å². The highest BCUT2D eigenvalue weighted by Gasteiger charge is 2.29. The maximum atomic E-state index is 11.1. The highest BCUT2D eigenvalue weighted by atomic mass is 35.6. The third kappa shape index (κ3) is 3.36. The zero-order valence-electron chi connectivity index (χ0n) is 9.33. The molecule has 0 fully saturated rings. The van der Waals surface area contributed by atoms with Crippen LogP contribution in [0.3, 0.4) is 0 Å². The quantitative estimate of drug-likeness (QED) is 0.583. The van der Waals surface area contributed by atoms with Crippen LogP contribution >= 0.6 is 11.1 Å². The molecule has 1 aromatic carbocycles. The SMILES string of the molecule is CC(=O)N(C)C[Si](C)(Cl)c1ccccc1. The van der Waals surface area contributed by atoms with E-state index in [9.17, 15) is 4.79 Å². The van der Waals surface area contributed by atoms with Gasteiger partial charge in [-0.05, 0) is 5.19 Å². The molecule has 0 aliphatic carbocycles. The molecule has 1 aromatic rings. The molecular weight excluding hydrogens is 226 g/mol. The van der Waals surface area contributed by atoms with Crippen LogP contribution in [0.4, 0.5) is 0 Å². The molecule has 0 N–H and O–H groups in total. The second-order valence-electron chi connectivity index (χ2n) is 3.94. The second-order valence-corrected chi connectivity index (χ2v) is 9.73. The average molecular weight is 242 g/mol. The lowest BCUT2D eigenvalue weighted by Gasteiger charge is -2.25. The van der Waals surface area contributed by atoms with Crippen molar-refractivity contribution in [3.8, 4) is 0 Å². The molecule has 0 bridgehead atoms. The summed E-state index contributed by atoms with van der Waals surface area (Å²) < 4.78 is 0. The Kier molecular flexibility index (Phi) is 3.94. The van der Waals surface area contributed by atoms with Crippen molar-refractivity contribution in [2.45, 2.75) is 13.5 Å². The molecule has 82 valence electrons. The summed E-state index contributed by atoms with van der Waals surface area (Å²) >= 11 is 6.55. The molecule has 0 aliphatic heterocycles. The van der Waals surface area contributed by atoms with E-state index in [0.29, 0.717) is 6.17 Å². The van der Waals surface area contributed by atoms with Gasteiger partial charge in [0.15, 0.2) is 0 Å². The Bertz CT molecular complexity index is 340. The van der Waals surface area contributed by atoms with Crippen molar-refractivity contribution in [1.82, 2.24) is 4.90 Å². The predicted molar refractivity (Wildman–Crippen MR) is 66.9 cm³/mol. The Morgan fingerprint density at radius 1 is 1.40 bits per heavy atom. The molecule has 0 saturated heterocycles. The molecular formula is C11H16ClNOSi. The zero-order chi connectivity index (χ0) is 11.5. The van der Waals surface area contributed by atoms with Gasteiger partial charge in [-0.1, -0.05) is 36.9 Å². The summed E-state index contributed by atoms with van der Waals surface area (Å²) in [5, 5.41) is 1.17. The highest BCUT2D eigenvalue weighted by Crippen LogP contribution is 2.10. The number of rotatable bonds is 3. The van der Waals surface area contributed by atoms with Gasteiger partial charge in [0, 0.05) is 20.1 Å². The van der Waals surface area contributed by atoms with Crippen molar-refractivity contribution >= 4 is 29.6 Å². The Labute approximate surface area is 96.6 Å². The Morgan fingerprint density at radius 2 is 1.93 bits per heavy atom. The molecule has 0 heterocycles. The number of nitrogens with zero attached hydrogens (tertiary/aromatic N) is 1. The molecule has 1 unspecified atom stereocenters. The van der Waals surface area contributed by atoms with E-state index >= 15 is 0 Å². The number of hydrogen-bond donors (Lipinski definition) is 0. The van der Waals surface area contributed by atoms with Gasteiger partial charge in [-0.25, -0.2) is 0 Å². The lowest BCUT2D eigenvalue weighted by atomic mass is 10.4. The molecule has 0 saturated carbocycles. The molecule has 2 nitrogen and oxygen atoms in total. The first-order chi connectivity index (χ1) is 6.93. The molecule has 1 rings (SSSR count). The van der Waals surface area contributed by atoms with Gasteiger partial charge in [0.05, 0.1) is 0 Å². The standard InChI is InChI=1S/C11H16ClNOSi/c1-10(14)13(2)9-15(3,12)11-7-5-4-6-8-11/h4-8H,9H2,1-3H3. The maximum Gasteiger partial charge on any atom is 0.218 e. The number of halogens is 1. The average Bonchev–Trinajstić information content (AvgIpc) is 2.18. The van der Waals surface area contributed by atoms with E-state index in [0.717, 1.165) is 0 Å². The van der Waals surface area contributed by atoms with E-state index < -0.39 is 7.38 Å². The first-order valence-electron chi connectivity index (χ1n) is 4.89. The van der Waals surface area contributed by atoms with Crippen LogP contribution in [0.15, 0.2) is 30.3 Å². The number of benzene rings is 1. The van der Waals surface area contributed by atoms with Crippen LogP contribution < -0.4 is 5.19 Å². The van der Waals surface area contributed by atoms with Crippen molar-refractivity contribution in [3.63, 3.8) is 0 Å². The van der Waals surface area contributed by atoms with E-state index in [1.54, 1.807) is 18.9 Å². The summed E-state index contributed by atoms with van der Waals surface area (Å²) in [6.45, 7) is 3.62. The minimum Gasteiger partial charge on any atom is -0.347 e. The summed E-state index contributed by atoms with van der Waals surface area (Å²) in [5.41, 5.74) is 0. The first kappa shape index (κ1) is 12.3. The third-order valence-electron chi connectivity index (χ3n) is 2.45. The van der Waals surface area contributed by atoms with Crippen LogP contribution in [0.25, 0.3) is 0 Å². The van der Waals surface area contributed by atoms with Gasteiger partial charge in [-0.3, -0.25) is 4.79 Å². The van der Waals surface area contributed by atoms with Gasteiger partial charge in [-0.15, -0.1) is 0 Å². The number of hydrogen-bond acceptors (Lipinski definition) is 1. The van der Waals surface area contributed by atoms with Crippen molar-refractivity contribution < 1.29 is 4.79 Å². The highest BCUT2D eigenvalue weighted by molar-refractivity contribution is 7.27. The van der Waals surface area contributed by atoms with Crippen LogP contribution in [0.2, 0.25) is 6.55 Å². The maximum absolute atomic E-state index is 11.1. The van der Waals surface area contributed by atoms with Gasteiger partial charge in [0.25, 0.3) is 0 Å². The lowest BCUT2D eigenvalue weighted by molar-refractivity contribution is -0.126. The Morgan fingerprint density at radius 3 is 2.40 bits per heavy atom. The first-order valence-corrected chi connectivity index (χ1v) is 8.61. The molecule has 1 atom stereocenters. The van der Waals surface area contributed by atoms with E-state index in [4.69, 9.17) is 11.1 Å². The van der Waals surface area contributed by atoms with Gasteiger partial charge in [0.2, 0.25) is 13.3 Å². The summed E-state index contributed by atoms with van der Waals surface area (Å²) in [5.74, 6) is 0.0605. The fourth-order valence-corrected chi connectivity index (χ4v) is 4.53. The van der Waals surface area contributed by atoms with Gasteiger partial charge < -0.3 is 4.90 Å². The largest absolute Gasteiger partial charge is 0.347 e. The molecule has 0 aromatic heterocycles. The summed E-state index contributed by atoms with van der Waals surface area (Å²) in [7, 11) is -0.237. The van der Waals surface area contributed by atoms with Crippen LogP contribution in [0, 0.1) is 0 Å². The fraction of sp³-hybridized carbons (Fsp3) is 0.364.